The molecule has 2 aromatic heterocycles. The molecule has 1 unspecified atom stereocenters. The zero-order valence-corrected chi connectivity index (χ0v) is 15.0. The highest BCUT2D eigenvalue weighted by atomic mass is 16.6. The number of nitrogens with zero attached hydrogens (tertiary/aromatic N) is 2. The summed E-state index contributed by atoms with van der Waals surface area (Å²) in [5.41, 5.74) is -0.691. The van der Waals surface area contributed by atoms with Gasteiger partial charge in [0.25, 0.3) is 11.6 Å². The second-order valence-corrected chi connectivity index (χ2v) is 6.68. The van der Waals surface area contributed by atoms with Crippen LogP contribution in [0.5, 0.6) is 5.88 Å². The van der Waals surface area contributed by atoms with Crippen LogP contribution in [0.1, 0.15) is 22.5 Å². The van der Waals surface area contributed by atoms with Gasteiger partial charge in [-0.15, -0.1) is 0 Å². The second kappa shape index (κ2) is 6.58. The van der Waals surface area contributed by atoms with Gasteiger partial charge in [0.1, 0.15) is 11.9 Å². The van der Waals surface area contributed by atoms with E-state index in [1.807, 2.05) is 0 Å². The van der Waals surface area contributed by atoms with E-state index in [0.29, 0.717) is 11.1 Å². The lowest BCUT2D eigenvalue weighted by Gasteiger charge is -2.11. The molecule has 2 heterocycles. The number of hydrogen-bond acceptors (Lipinski definition) is 9. The molecule has 12 heteroatoms. The summed E-state index contributed by atoms with van der Waals surface area (Å²) in [6.07, 6.45) is -0.792. The number of nitro benzene ring substituents is 1. The minimum atomic E-state index is -0.920. The fourth-order valence-corrected chi connectivity index (χ4v) is 3.54. The van der Waals surface area contributed by atoms with E-state index in [0.717, 1.165) is 0 Å². The smallest absolute Gasteiger partial charge is 0.314 e. The summed E-state index contributed by atoms with van der Waals surface area (Å²) >= 11 is 0. The largest absolute Gasteiger partial charge is 0.491 e. The molecule has 4 rings (SSSR count). The summed E-state index contributed by atoms with van der Waals surface area (Å²) in [5.74, 6) is -0.798. The van der Waals surface area contributed by atoms with Crippen LogP contribution in [-0.2, 0) is 28.8 Å². The van der Waals surface area contributed by atoms with E-state index in [1.165, 1.54) is 13.0 Å². The van der Waals surface area contributed by atoms with E-state index in [1.54, 1.807) is 0 Å². The molecule has 1 aliphatic rings. The number of aryl methyl sites for hydroxylation is 1. The van der Waals surface area contributed by atoms with Crippen LogP contribution < -0.4 is 11.1 Å². The number of nitrogens with one attached hydrogen (secondary N) is 2. The van der Waals surface area contributed by atoms with E-state index >= 15 is 0 Å². The Bertz CT molecular complexity index is 1270. The van der Waals surface area contributed by atoms with Gasteiger partial charge >= 0.3 is 17.1 Å². The SMILES string of the molecule is Cc1onc(O)c1CC(=O)OC1Cc2c([N+](=O)[O-])cc3[nH]c(=O)c(=O)[nH]c3c2C1. The Morgan fingerprint density at radius 2 is 2.03 bits per heavy atom. The number of fused-ring (bicyclic) bond motifs is 3. The number of aromatic nitrogens is 3. The quantitative estimate of drug-likeness (QED) is 0.240. The molecule has 150 valence electrons. The monoisotopic (exact) mass is 402 g/mol. The van der Waals surface area contributed by atoms with E-state index in [4.69, 9.17) is 9.26 Å². The van der Waals surface area contributed by atoms with Gasteiger partial charge in [-0.05, 0) is 17.6 Å². The first-order valence-corrected chi connectivity index (χ1v) is 8.53. The normalized spacial score (nSPS) is 15.4. The summed E-state index contributed by atoms with van der Waals surface area (Å²) in [7, 11) is 0. The summed E-state index contributed by atoms with van der Waals surface area (Å²) in [6.45, 7) is 1.54. The van der Waals surface area contributed by atoms with Crippen molar-refractivity contribution < 1.29 is 24.1 Å². The number of H-pyrrole nitrogens is 2. The lowest BCUT2D eigenvalue weighted by Crippen LogP contribution is -2.29. The number of benzene rings is 1. The van der Waals surface area contributed by atoms with Crippen molar-refractivity contribution in [3.63, 3.8) is 0 Å². The summed E-state index contributed by atoms with van der Waals surface area (Å²) in [6, 6.07) is 1.17. The average Bonchev–Trinajstić information content (AvgIpc) is 3.20. The maximum Gasteiger partial charge on any atom is 0.314 e. The van der Waals surface area contributed by atoms with Gasteiger partial charge in [-0.1, -0.05) is 0 Å². The Morgan fingerprint density at radius 3 is 2.69 bits per heavy atom. The molecule has 3 aromatic rings. The van der Waals surface area contributed by atoms with Crippen molar-refractivity contribution in [1.29, 1.82) is 0 Å². The van der Waals surface area contributed by atoms with Gasteiger partial charge in [0.15, 0.2) is 0 Å². The van der Waals surface area contributed by atoms with Gasteiger partial charge in [-0.2, -0.15) is 0 Å². The number of aromatic hydroxyl groups is 1. The van der Waals surface area contributed by atoms with E-state index in [9.17, 15) is 29.6 Å². The number of nitro groups is 1. The maximum atomic E-state index is 12.3. The Morgan fingerprint density at radius 1 is 1.34 bits per heavy atom. The van der Waals surface area contributed by atoms with Crippen molar-refractivity contribution in [3.05, 3.63) is 59.3 Å². The molecular weight excluding hydrogens is 388 g/mol. The van der Waals surface area contributed by atoms with Crippen molar-refractivity contribution in [3.8, 4) is 5.88 Å². The van der Waals surface area contributed by atoms with Crippen LogP contribution in [0.25, 0.3) is 11.0 Å². The molecule has 12 nitrogen and oxygen atoms in total. The van der Waals surface area contributed by atoms with Crippen LogP contribution in [0.15, 0.2) is 20.2 Å². The number of carbonyl (C=O) groups is 1. The van der Waals surface area contributed by atoms with Gasteiger partial charge in [0, 0.05) is 24.5 Å². The van der Waals surface area contributed by atoms with Crippen molar-refractivity contribution in [2.75, 3.05) is 0 Å². The van der Waals surface area contributed by atoms with E-state index < -0.39 is 34.0 Å². The molecule has 0 saturated carbocycles. The van der Waals surface area contributed by atoms with Crippen LogP contribution in [0.2, 0.25) is 0 Å². The Labute approximate surface area is 160 Å². The molecule has 0 aliphatic heterocycles. The molecule has 0 bridgehead atoms. The minimum Gasteiger partial charge on any atom is -0.491 e. The van der Waals surface area contributed by atoms with Crippen LogP contribution in [-0.4, -0.2) is 37.2 Å². The van der Waals surface area contributed by atoms with Crippen LogP contribution in [0, 0.1) is 17.0 Å². The van der Waals surface area contributed by atoms with Crippen molar-refractivity contribution in [2.24, 2.45) is 0 Å². The highest BCUT2D eigenvalue weighted by molar-refractivity contribution is 5.84. The lowest BCUT2D eigenvalue weighted by molar-refractivity contribution is -0.385. The molecule has 0 amide bonds. The standard InChI is InChI=1S/C17H14N4O8/c1-6-8(15(23)20-29-6)4-13(22)28-7-2-9-10(3-7)14-11(5-12(9)21(26)27)18-16(24)17(25)19-14/h5,7H,2-4H2,1H3,(H,18,24)(H,19,25)(H,20,23). The van der Waals surface area contributed by atoms with Crippen LogP contribution in [0.3, 0.4) is 0 Å². The summed E-state index contributed by atoms with van der Waals surface area (Å²) < 4.78 is 10.2. The molecule has 1 aliphatic carbocycles. The van der Waals surface area contributed by atoms with Crippen LogP contribution >= 0.6 is 0 Å². The highest BCUT2D eigenvalue weighted by Crippen LogP contribution is 2.36. The molecule has 3 N–H and O–H groups in total. The summed E-state index contributed by atoms with van der Waals surface area (Å²) in [4.78, 5) is 51.1. The molecule has 0 radical (unpaired) electrons. The van der Waals surface area contributed by atoms with Gasteiger partial charge in [-0.3, -0.25) is 24.5 Å². The minimum absolute atomic E-state index is 0.0725. The summed E-state index contributed by atoms with van der Waals surface area (Å²) in [5, 5.41) is 24.4. The third kappa shape index (κ3) is 3.13. The Hall–Kier alpha value is -3.96. The Kier molecular flexibility index (Phi) is 4.18. The first-order valence-electron chi connectivity index (χ1n) is 8.53. The molecule has 1 aromatic carbocycles. The number of carbonyl (C=O) groups excluding carboxylic acids is 1. The average molecular weight is 402 g/mol. The molecule has 1 atom stereocenters. The molecule has 29 heavy (non-hydrogen) atoms. The van der Waals surface area contributed by atoms with E-state index in [-0.39, 0.29) is 47.3 Å². The number of ether oxygens (including phenoxy) is 1. The highest BCUT2D eigenvalue weighted by Gasteiger charge is 2.34. The Balaban J connectivity index is 1.65. The predicted molar refractivity (Wildman–Crippen MR) is 95.7 cm³/mol. The first kappa shape index (κ1) is 18.4. The van der Waals surface area contributed by atoms with E-state index in [2.05, 4.69) is 15.1 Å². The fourth-order valence-electron chi connectivity index (χ4n) is 3.54. The predicted octanol–water partition coefficient (Wildman–Crippen LogP) is 0.380. The van der Waals surface area contributed by atoms with Gasteiger partial charge < -0.3 is 24.3 Å². The fraction of sp³-hybridized carbons (Fsp3) is 0.294. The van der Waals surface area contributed by atoms with Gasteiger partial charge in [0.05, 0.1) is 27.9 Å². The number of esters is 1. The van der Waals surface area contributed by atoms with Gasteiger partial charge in [0.2, 0.25) is 0 Å². The maximum absolute atomic E-state index is 12.3. The molecule has 0 fully saturated rings. The third-order valence-corrected chi connectivity index (χ3v) is 4.86. The first-order chi connectivity index (χ1) is 13.7. The number of aromatic amines is 2. The third-order valence-electron chi connectivity index (χ3n) is 4.86. The number of rotatable bonds is 4. The lowest BCUT2D eigenvalue weighted by atomic mass is 10.1. The molecule has 0 spiro atoms. The van der Waals surface area contributed by atoms with Gasteiger partial charge in [-0.25, -0.2) is 0 Å². The zero-order chi connectivity index (χ0) is 20.9. The molecular formula is C17H14N4O8. The van der Waals surface area contributed by atoms with Crippen LogP contribution in [0.4, 0.5) is 5.69 Å². The van der Waals surface area contributed by atoms with Crippen molar-refractivity contribution in [1.82, 2.24) is 15.1 Å². The topological polar surface area (TPSA) is 181 Å². The molecule has 0 saturated heterocycles. The zero-order valence-electron chi connectivity index (χ0n) is 15.0. The number of hydrogen-bond donors (Lipinski definition) is 3. The van der Waals surface area contributed by atoms with Crippen molar-refractivity contribution in [2.45, 2.75) is 32.3 Å². The second-order valence-electron chi connectivity index (χ2n) is 6.68. The van der Waals surface area contributed by atoms with Crippen molar-refractivity contribution >= 4 is 22.7 Å².